The van der Waals surface area contributed by atoms with Crippen molar-refractivity contribution >= 4 is 30.4 Å². The number of carbonyl (C=O) groups is 1. The Morgan fingerprint density at radius 3 is 1.96 bits per heavy atom. The van der Waals surface area contributed by atoms with Crippen molar-refractivity contribution in [1.29, 1.82) is 5.26 Å². The number of Topliss-reactive ketones (excluding diaryl/α,β-unsaturated/α-hetero) is 1. The molecule has 1 aromatic heterocycles. The number of ketones is 1. The molecule has 0 radical (unpaired) electrons. The molecule has 0 amide bonds. The zero-order chi connectivity index (χ0) is 34.0. The fraction of sp³-hybridized carbons (Fsp3) is 0.400. The van der Waals surface area contributed by atoms with Crippen LogP contribution in [0.15, 0.2) is 36.4 Å². The molecule has 2 aromatic carbocycles. The number of aryl methyl sites for hydroxylation is 1. The van der Waals surface area contributed by atoms with E-state index in [2.05, 4.69) is 5.32 Å². The molecule has 0 aliphatic rings. The Balaban J connectivity index is 2.10. The Morgan fingerprint density at radius 2 is 1.49 bits per heavy atom. The first-order chi connectivity index (χ1) is 20.8. The second kappa shape index (κ2) is 13.6. The third-order valence-electron chi connectivity index (χ3n) is 6.95. The van der Waals surface area contributed by atoms with Gasteiger partial charge in [0.15, 0.2) is 5.78 Å². The SMILES string of the molecule is CCOP(=O)(Cc1sc(-c2ccc(F)cc2C)c(NCC(=O)C(C)(C)c2cc(C(F)(F)F)cc(C(F)(F)F)c2)c1C#N)OCC. The summed E-state index contributed by atoms with van der Waals surface area (Å²) in [4.78, 5) is 14.1. The van der Waals surface area contributed by atoms with Crippen LogP contribution in [-0.4, -0.2) is 25.5 Å². The molecule has 6 nitrogen and oxygen atoms in total. The van der Waals surface area contributed by atoms with Crippen LogP contribution < -0.4 is 5.32 Å². The minimum absolute atomic E-state index is 0.0189. The summed E-state index contributed by atoms with van der Waals surface area (Å²) in [7, 11) is -3.72. The average molecular weight is 679 g/mol. The number of alkyl halides is 6. The van der Waals surface area contributed by atoms with Gasteiger partial charge in [0.1, 0.15) is 11.9 Å². The number of hydrogen-bond donors (Lipinski definition) is 1. The maximum atomic E-state index is 13.9. The Labute approximate surface area is 259 Å². The van der Waals surface area contributed by atoms with Gasteiger partial charge in [-0.3, -0.25) is 9.36 Å². The molecule has 0 aliphatic carbocycles. The van der Waals surface area contributed by atoms with Crippen molar-refractivity contribution in [2.75, 3.05) is 25.1 Å². The standard InChI is InChI=1S/C30H30F7N2O4PS/c1-6-42-44(41,43-7-2)16-24-23(14-38)26(27(45-24)22-9-8-21(31)10-17(22)3)39-15-25(40)28(4,5)18-11-19(29(32,33)34)13-20(12-18)30(35,36)37/h8-13,39H,6-7,15-16H2,1-5H3. The van der Waals surface area contributed by atoms with Crippen LogP contribution in [0, 0.1) is 24.1 Å². The Bertz CT molecular complexity index is 1620. The highest BCUT2D eigenvalue weighted by atomic mass is 32.1. The molecule has 0 atom stereocenters. The molecular weight excluding hydrogens is 648 g/mol. The summed E-state index contributed by atoms with van der Waals surface area (Å²) in [6.07, 6.45) is -10.5. The van der Waals surface area contributed by atoms with Crippen LogP contribution in [0.2, 0.25) is 0 Å². The highest BCUT2D eigenvalue weighted by Crippen LogP contribution is 2.55. The lowest BCUT2D eigenvalue weighted by atomic mass is 9.79. The largest absolute Gasteiger partial charge is 0.416 e. The van der Waals surface area contributed by atoms with Gasteiger partial charge in [0.05, 0.1) is 58.6 Å². The van der Waals surface area contributed by atoms with Crippen LogP contribution in [0.25, 0.3) is 10.4 Å². The molecule has 0 spiro atoms. The molecule has 0 fully saturated rings. The van der Waals surface area contributed by atoms with Crippen LogP contribution in [0.3, 0.4) is 0 Å². The van der Waals surface area contributed by atoms with Crippen molar-refractivity contribution in [1.82, 2.24) is 0 Å². The molecule has 45 heavy (non-hydrogen) atoms. The van der Waals surface area contributed by atoms with Gasteiger partial charge in [-0.2, -0.15) is 31.6 Å². The fourth-order valence-corrected chi connectivity index (χ4v) is 7.91. The van der Waals surface area contributed by atoms with E-state index in [1.54, 1.807) is 20.8 Å². The fourth-order valence-electron chi connectivity index (χ4n) is 4.51. The van der Waals surface area contributed by atoms with Crippen molar-refractivity contribution in [3.63, 3.8) is 0 Å². The normalized spacial score (nSPS) is 12.7. The maximum Gasteiger partial charge on any atom is 0.416 e. The topological polar surface area (TPSA) is 88.4 Å². The molecule has 0 saturated heterocycles. The summed E-state index contributed by atoms with van der Waals surface area (Å²) >= 11 is 1.03. The minimum Gasteiger partial charge on any atom is -0.376 e. The van der Waals surface area contributed by atoms with E-state index in [1.807, 2.05) is 6.07 Å². The molecule has 0 bridgehead atoms. The van der Waals surface area contributed by atoms with Gasteiger partial charge in [0.25, 0.3) is 0 Å². The molecule has 3 aromatic rings. The first-order valence-corrected chi connectivity index (χ1v) is 16.1. The first-order valence-electron chi connectivity index (χ1n) is 13.5. The van der Waals surface area contributed by atoms with Crippen molar-refractivity contribution in [2.45, 2.75) is 58.5 Å². The van der Waals surface area contributed by atoms with Crippen LogP contribution in [0.4, 0.5) is 36.4 Å². The van der Waals surface area contributed by atoms with Crippen molar-refractivity contribution in [2.24, 2.45) is 0 Å². The summed E-state index contributed by atoms with van der Waals surface area (Å²) in [5, 5.41) is 13.0. The zero-order valence-electron chi connectivity index (χ0n) is 24.9. The van der Waals surface area contributed by atoms with E-state index in [-0.39, 0.29) is 41.6 Å². The lowest BCUT2D eigenvalue weighted by molar-refractivity contribution is -0.143. The van der Waals surface area contributed by atoms with E-state index in [0.29, 0.717) is 28.1 Å². The molecule has 1 N–H and O–H groups in total. The number of rotatable bonds is 12. The van der Waals surface area contributed by atoms with Gasteiger partial charge < -0.3 is 14.4 Å². The summed E-state index contributed by atoms with van der Waals surface area (Å²) in [5.41, 5.74) is -4.47. The Kier molecular flexibility index (Phi) is 11.0. The monoisotopic (exact) mass is 678 g/mol. The lowest BCUT2D eigenvalue weighted by Crippen LogP contribution is -2.35. The van der Waals surface area contributed by atoms with Crippen molar-refractivity contribution in [3.8, 4) is 16.5 Å². The minimum atomic E-state index is -5.10. The summed E-state index contributed by atoms with van der Waals surface area (Å²) in [6, 6.07) is 6.88. The number of nitrogens with zero attached hydrogens (tertiary/aromatic N) is 1. The van der Waals surface area contributed by atoms with Gasteiger partial charge in [-0.05, 0) is 81.6 Å². The number of hydrogen-bond acceptors (Lipinski definition) is 7. The molecule has 3 rings (SSSR count). The highest BCUT2D eigenvalue weighted by Gasteiger charge is 2.40. The van der Waals surface area contributed by atoms with Crippen LogP contribution in [0.5, 0.6) is 0 Å². The van der Waals surface area contributed by atoms with Crippen LogP contribution in [-0.2, 0) is 42.3 Å². The van der Waals surface area contributed by atoms with Gasteiger partial charge in [-0.25, -0.2) is 4.39 Å². The van der Waals surface area contributed by atoms with Gasteiger partial charge in [0.2, 0.25) is 0 Å². The smallest absolute Gasteiger partial charge is 0.376 e. The number of nitrogens with one attached hydrogen (secondary N) is 1. The van der Waals surface area contributed by atoms with Crippen LogP contribution in [0.1, 0.15) is 60.4 Å². The number of nitriles is 1. The summed E-state index contributed by atoms with van der Waals surface area (Å²) < 4.78 is 119. The Hall–Kier alpha value is -3.24. The van der Waals surface area contributed by atoms with E-state index in [1.165, 1.54) is 32.0 Å². The maximum absolute atomic E-state index is 13.9. The zero-order valence-corrected chi connectivity index (χ0v) is 26.6. The van der Waals surface area contributed by atoms with Gasteiger partial charge in [0, 0.05) is 4.88 Å². The number of benzene rings is 2. The number of halogens is 7. The molecular formula is C30H30F7N2O4PS. The predicted molar refractivity (Wildman–Crippen MR) is 157 cm³/mol. The predicted octanol–water partition coefficient (Wildman–Crippen LogP) is 9.50. The molecule has 1 heterocycles. The van der Waals surface area contributed by atoms with Gasteiger partial charge in [-0.15, -0.1) is 11.3 Å². The highest BCUT2D eigenvalue weighted by molar-refractivity contribution is 7.53. The van der Waals surface area contributed by atoms with Gasteiger partial charge >= 0.3 is 19.9 Å². The van der Waals surface area contributed by atoms with E-state index in [9.17, 15) is 45.4 Å². The van der Waals surface area contributed by atoms with Crippen molar-refractivity contribution in [3.05, 3.63) is 74.9 Å². The first kappa shape index (κ1) is 36.2. The molecule has 0 saturated carbocycles. The van der Waals surface area contributed by atoms with Crippen molar-refractivity contribution < 1.29 is 49.1 Å². The number of anilines is 1. The van der Waals surface area contributed by atoms with Crippen LogP contribution >= 0.6 is 18.9 Å². The number of thiophene rings is 1. The molecule has 0 unspecified atom stereocenters. The second-order valence-corrected chi connectivity index (χ2v) is 13.6. The second-order valence-electron chi connectivity index (χ2n) is 10.5. The molecule has 0 aliphatic heterocycles. The van der Waals surface area contributed by atoms with E-state index < -0.39 is 60.2 Å². The van der Waals surface area contributed by atoms with Gasteiger partial charge in [-0.1, -0.05) is 6.07 Å². The average Bonchev–Trinajstić information content (AvgIpc) is 3.26. The van der Waals surface area contributed by atoms with E-state index in [4.69, 9.17) is 9.05 Å². The van der Waals surface area contributed by atoms with E-state index >= 15 is 0 Å². The third kappa shape index (κ3) is 8.33. The quantitative estimate of drug-likeness (QED) is 0.152. The molecule has 15 heteroatoms. The van der Waals surface area contributed by atoms with E-state index in [0.717, 1.165) is 11.3 Å². The number of carbonyl (C=O) groups excluding carboxylic acids is 1. The lowest BCUT2D eigenvalue weighted by Gasteiger charge is -2.26. The summed E-state index contributed by atoms with van der Waals surface area (Å²) in [6.45, 7) is 6.71. The summed E-state index contributed by atoms with van der Waals surface area (Å²) in [5.74, 6) is -1.32. The third-order valence-corrected chi connectivity index (χ3v) is 10.4. The molecule has 244 valence electrons. The Morgan fingerprint density at radius 1 is 0.956 bits per heavy atom.